The molecule has 0 heterocycles. The van der Waals surface area contributed by atoms with Gasteiger partial charge in [0.15, 0.2) is 0 Å². The van der Waals surface area contributed by atoms with Gasteiger partial charge in [-0.25, -0.2) is 8.42 Å². The van der Waals surface area contributed by atoms with Crippen LogP contribution in [0, 0.1) is 12.3 Å². The molecule has 0 saturated carbocycles. The van der Waals surface area contributed by atoms with E-state index in [1.807, 2.05) is 0 Å². The van der Waals surface area contributed by atoms with Gasteiger partial charge in [0.25, 0.3) is 0 Å². The summed E-state index contributed by atoms with van der Waals surface area (Å²) in [6.45, 7) is -0.628. The van der Waals surface area contributed by atoms with Gasteiger partial charge in [-0.3, -0.25) is 4.39 Å². The van der Waals surface area contributed by atoms with Crippen molar-refractivity contribution in [2.75, 3.05) is 6.67 Å². The number of hydrogen-bond acceptors (Lipinski definition) is 3. The van der Waals surface area contributed by atoms with Crippen molar-refractivity contribution < 1.29 is 17.4 Å². The van der Waals surface area contributed by atoms with E-state index in [-0.39, 0.29) is 19.3 Å². The second-order valence-corrected chi connectivity index (χ2v) is 4.01. The van der Waals surface area contributed by atoms with Crippen molar-refractivity contribution >= 4 is 10.1 Å². The molecule has 0 N–H and O–H groups in total. The summed E-state index contributed by atoms with van der Waals surface area (Å²) in [4.78, 5) is 0. The molecule has 0 aromatic heterocycles. The van der Waals surface area contributed by atoms with Crippen LogP contribution >= 0.6 is 0 Å². The minimum absolute atomic E-state index is 0.00648. The average Bonchev–Trinajstić information content (AvgIpc) is 1.95. The monoisotopic (exact) mass is 193 g/mol. The third-order valence-electron chi connectivity index (χ3n) is 1.41. The number of hydrogen-bond donors (Lipinski definition) is 0. The van der Waals surface area contributed by atoms with Crippen LogP contribution in [0.3, 0.4) is 0 Å². The summed E-state index contributed by atoms with van der Waals surface area (Å²) in [5, 5.41) is -1.13. The van der Waals surface area contributed by atoms with Crippen LogP contribution in [0.4, 0.5) is 4.39 Å². The Morgan fingerprint density at radius 2 is 2.17 bits per heavy atom. The van der Waals surface area contributed by atoms with Crippen LogP contribution in [-0.2, 0) is 10.1 Å². The minimum atomic E-state index is -4.36. The highest BCUT2D eigenvalue weighted by Gasteiger charge is 2.13. The fraction of sp³-hybridized carbons (Fsp3) is 0.714. The van der Waals surface area contributed by atoms with Gasteiger partial charge in [-0.15, -0.1) is 12.3 Å². The molecule has 3 nitrogen and oxygen atoms in total. The Bertz CT molecular complexity index is 252. The van der Waals surface area contributed by atoms with Gasteiger partial charge in [-0.1, -0.05) is 0 Å². The minimum Gasteiger partial charge on any atom is -0.748 e. The van der Waals surface area contributed by atoms with Crippen molar-refractivity contribution in [3.05, 3.63) is 0 Å². The quantitative estimate of drug-likeness (QED) is 0.476. The SMILES string of the molecule is C#CCC(CCCF)S(=O)(=O)[O-]. The lowest BCUT2D eigenvalue weighted by atomic mass is 10.2. The van der Waals surface area contributed by atoms with E-state index in [1.54, 1.807) is 0 Å². The molecule has 5 heteroatoms. The summed E-state index contributed by atoms with van der Waals surface area (Å²) < 4.78 is 43.0. The summed E-state index contributed by atoms with van der Waals surface area (Å²) in [5.41, 5.74) is 0. The lowest BCUT2D eigenvalue weighted by Crippen LogP contribution is -2.20. The number of halogens is 1. The van der Waals surface area contributed by atoms with Crippen molar-refractivity contribution in [2.24, 2.45) is 0 Å². The summed E-state index contributed by atoms with van der Waals surface area (Å²) in [7, 11) is -4.36. The van der Waals surface area contributed by atoms with Crippen LogP contribution in [0.2, 0.25) is 0 Å². The van der Waals surface area contributed by atoms with E-state index in [0.717, 1.165) is 0 Å². The Labute approximate surface area is 71.7 Å². The first-order valence-corrected chi connectivity index (χ1v) is 4.93. The summed E-state index contributed by atoms with van der Waals surface area (Å²) >= 11 is 0. The third kappa shape index (κ3) is 4.31. The van der Waals surface area contributed by atoms with Crippen molar-refractivity contribution in [1.82, 2.24) is 0 Å². The van der Waals surface area contributed by atoms with E-state index >= 15 is 0 Å². The molecule has 70 valence electrons. The largest absolute Gasteiger partial charge is 0.748 e. The second-order valence-electron chi connectivity index (χ2n) is 2.35. The molecule has 0 saturated heterocycles. The molecule has 0 amide bonds. The number of terminal acetylenes is 1. The van der Waals surface area contributed by atoms with Crippen molar-refractivity contribution in [3.8, 4) is 12.3 Å². The summed E-state index contributed by atoms with van der Waals surface area (Å²) in [5.74, 6) is 2.08. The predicted molar refractivity (Wildman–Crippen MR) is 42.1 cm³/mol. The maximum absolute atomic E-state index is 11.6. The van der Waals surface area contributed by atoms with E-state index in [2.05, 4.69) is 5.92 Å². The van der Waals surface area contributed by atoms with Crippen LogP contribution in [0.5, 0.6) is 0 Å². The zero-order chi connectivity index (χ0) is 9.61. The summed E-state index contributed by atoms with van der Waals surface area (Å²) in [6, 6.07) is 0. The average molecular weight is 193 g/mol. The highest BCUT2D eigenvalue weighted by molar-refractivity contribution is 7.86. The Morgan fingerprint density at radius 1 is 1.58 bits per heavy atom. The highest BCUT2D eigenvalue weighted by atomic mass is 32.2. The van der Waals surface area contributed by atoms with Gasteiger partial charge >= 0.3 is 0 Å². The van der Waals surface area contributed by atoms with Gasteiger partial charge in [-0.05, 0) is 12.8 Å². The molecule has 1 unspecified atom stereocenters. The molecule has 0 fully saturated rings. The van der Waals surface area contributed by atoms with E-state index < -0.39 is 22.0 Å². The molecule has 0 bridgehead atoms. The number of rotatable bonds is 5. The molecular formula is C7H10FO3S-. The maximum atomic E-state index is 11.6. The normalized spacial score (nSPS) is 13.8. The van der Waals surface area contributed by atoms with E-state index in [0.29, 0.717) is 0 Å². The first-order valence-electron chi connectivity index (χ1n) is 3.46. The molecular weight excluding hydrogens is 183 g/mol. The molecule has 0 radical (unpaired) electrons. The van der Waals surface area contributed by atoms with E-state index in [1.165, 1.54) is 0 Å². The van der Waals surface area contributed by atoms with Gasteiger partial charge in [0, 0.05) is 6.42 Å². The standard InChI is InChI=1S/C7H11FO3S/c1-2-4-7(5-3-6-8)12(9,10)11/h1,7H,3-6H2,(H,9,10,11)/p-1. The fourth-order valence-electron chi connectivity index (χ4n) is 0.785. The third-order valence-corrected chi connectivity index (χ3v) is 2.63. The molecule has 0 rings (SSSR count). The first-order chi connectivity index (χ1) is 5.52. The highest BCUT2D eigenvalue weighted by Crippen LogP contribution is 2.10. The fourth-order valence-corrected chi connectivity index (χ4v) is 1.54. The van der Waals surface area contributed by atoms with Crippen LogP contribution in [0.15, 0.2) is 0 Å². The Morgan fingerprint density at radius 3 is 2.50 bits per heavy atom. The Balaban J connectivity index is 4.17. The topological polar surface area (TPSA) is 57.2 Å². The predicted octanol–water partition coefficient (Wildman–Crippen LogP) is 0.673. The van der Waals surface area contributed by atoms with Gasteiger partial charge in [0.1, 0.15) is 0 Å². The van der Waals surface area contributed by atoms with Crippen LogP contribution < -0.4 is 0 Å². The lowest BCUT2D eigenvalue weighted by Gasteiger charge is -2.17. The first kappa shape index (κ1) is 11.4. The zero-order valence-electron chi connectivity index (χ0n) is 6.49. The molecule has 0 spiro atoms. The van der Waals surface area contributed by atoms with Crippen molar-refractivity contribution in [2.45, 2.75) is 24.5 Å². The van der Waals surface area contributed by atoms with Gasteiger partial charge < -0.3 is 4.55 Å². The zero-order valence-corrected chi connectivity index (χ0v) is 7.31. The van der Waals surface area contributed by atoms with Crippen molar-refractivity contribution in [1.29, 1.82) is 0 Å². The van der Waals surface area contributed by atoms with E-state index in [9.17, 15) is 17.4 Å². The van der Waals surface area contributed by atoms with Gasteiger partial charge in [0.2, 0.25) is 0 Å². The molecule has 12 heavy (non-hydrogen) atoms. The maximum Gasteiger partial charge on any atom is 0.0984 e. The van der Waals surface area contributed by atoms with E-state index in [4.69, 9.17) is 6.42 Å². The lowest BCUT2D eigenvalue weighted by molar-refractivity contribution is 0.424. The van der Waals surface area contributed by atoms with Crippen LogP contribution in [0.25, 0.3) is 0 Å². The van der Waals surface area contributed by atoms with Gasteiger partial charge in [-0.2, -0.15) is 0 Å². The Hall–Kier alpha value is -0.600. The molecule has 0 aliphatic heterocycles. The molecule has 0 aromatic rings. The smallest absolute Gasteiger partial charge is 0.0984 e. The molecule has 0 aliphatic carbocycles. The van der Waals surface area contributed by atoms with Crippen LogP contribution in [-0.4, -0.2) is 24.9 Å². The summed E-state index contributed by atoms with van der Waals surface area (Å²) in [6.07, 6.45) is 4.79. The Kier molecular flexibility index (Phi) is 4.86. The second kappa shape index (κ2) is 5.12. The van der Waals surface area contributed by atoms with Gasteiger partial charge in [0.05, 0.1) is 22.0 Å². The van der Waals surface area contributed by atoms with Crippen molar-refractivity contribution in [3.63, 3.8) is 0 Å². The molecule has 0 aliphatic rings. The van der Waals surface area contributed by atoms with Crippen LogP contribution in [0.1, 0.15) is 19.3 Å². The molecule has 1 atom stereocenters. The number of alkyl halides is 1. The molecule has 0 aromatic carbocycles.